The quantitative estimate of drug-likeness (QED) is 0.447. The largest absolute Gasteiger partial charge is 0.398 e. The van der Waals surface area contributed by atoms with Gasteiger partial charge in [-0.2, -0.15) is 5.10 Å². The molecule has 5 heteroatoms. The molecule has 2 rings (SSSR count). The number of nitrogens with zero attached hydrogens (tertiary/aromatic N) is 1. The van der Waals surface area contributed by atoms with Crippen LogP contribution in [-0.4, -0.2) is 12.2 Å². The predicted octanol–water partition coefficient (Wildman–Crippen LogP) is 2.42. The first-order valence-corrected chi connectivity index (χ1v) is 5.75. The number of rotatable bonds is 3. The summed E-state index contributed by atoms with van der Waals surface area (Å²) in [5.74, 6) is 0. The van der Waals surface area contributed by atoms with Gasteiger partial charge in [0.15, 0.2) is 0 Å². The van der Waals surface area contributed by atoms with Crippen LogP contribution in [-0.2, 0) is 0 Å². The molecule has 2 amide bonds. The van der Waals surface area contributed by atoms with E-state index in [-0.39, 0.29) is 0 Å². The molecule has 5 nitrogen and oxygen atoms in total. The molecule has 0 fully saturated rings. The highest BCUT2D eigenvalue weighted by atomic mass is 16.2. The molecule has 0 aliphatic heterocycles. The Labute approximate surface area is 111 Å². The molecule has 96 valence electrons. The first kappa shape index (κ1) is 12.6. The Kier molecular flexibility index (Phi) is 4.12. The lowest BCUT2D eigenvalue weighted by Gasteiger charge is -2.03. The van der Waals surface area contributed by atoms with E-state index in [2.05, 4.69) is 15.8 Å². The van der Waals surface area contributed by atoms with Gasteiger partial charge in [0.05, 0.1) is 6.21 Å². The number of nitrogen functional groups attached to an aromatic ring is 1. The molecular formula is C14H14N4O. The van der Waals surface area contributed by atoms with Crippen LogP contribution >= 0.6 is 0 Å². The molecule has 0 atom stereocenters. The maximum Gasteiger partial charge on any atom is 0.339 e. The summed E-state index contributed by atoms with van der Waals surface area (Å²) in [4.78, 5) is 11.5. The molecular weight excluding hydrogens is 240 g/mol. The fourth-order valence-corrected chi connectivity index (χ4v) is 1.47. The van der Waals surface area contributed by atoms with Crippen molar-refractivity contribution in [2.75, 3.05) is 11.1 Å². The van der Waals surface area contributed by atoms with Crippen LogP contribution in [0.25, 0.3) is 0 Å². The number of nitrogens with two attached hydrogens (primary N) is 1. The average Bonchev–Trinajstić information content (AvgIpc) is 2.42. The molecule has 0 heterocycles. The van der Waals surface area contributed by atoms with E-state index in [1.165, 1.54) is 6.21 Å². The first-order chi connectivity index (χ1) is 9.25. The molecule has 0 spiro atoms. The average molecular weight is 254 g/mol. The van der Waals surface area contributed by atoms with Crippen LogP contribution in [0.4, 0.5) is 16.2 Å². The number of carbonyl (C=O) groups excluding carboxylic acids is 1. The van der Waals surface area contributed by atoms with Gasteiger partial charge in [-0.25, -0.2) is 10.2 Å². The highest BCUT2D eigenvalue weighted by Gasteiger charge is 1.98. The third-order valence-electron chi connectivity index (χ3n) is 2.40. The minimum atomic E-state index is -0.406. The zero-order valence-corrected chi connectivity index (χ0v) is 10.2. The SMILES string of the molecule is Nc1ccccc1/C=N/NC(=O)Nc1ccccc1. The fourth-order valence-electron chi connectivity index (χ4n) is 1.47. The van der Waals surface area contributed by atoms with E-state index >= 15 is 0 Å². The normalized spacial score (nSPS) is 10.3. The van der Waals surface area contributed by atoms with Crippen molar-refractivity contribution >= 4 is 23.6 Å². The van der Waals surface area contributed by atoms with Crippen molar-refractivity contribution in [2.24, 2.45) is 5.10 Å². The van der Waals surface area contributed by atoms with E-state index in [4.69, 9.17) is 5.73 Å². The number of para-hydroxylation sites is 2. The van der Waals surface area contributed by atoms with E-state index in [0.29, 0.717) is 11.4 Å². The number of hydrazone groups is 1. The second-order valence-electron chi connectivity index (χ2n) is 3.82. The molecule has 0 unspecified atom stereocenters. The summed E-state index contributed by atoms with van der Waals surface area (Å²) < 4.78 is 0. The highest BCUT2D eigenvalue weighted by molar-refractivity contribution is 5.91. The summed E-state index contributed by atoms with van der Waals surface area (Å²) in [5, 5.41) is 6.48. The van der Waals surface area contributed by atoms with Gasteiger partial charge in [-0.1, -0.05) is 36.4 Å². The Balaban J connectivity index is 1.89. The number of hydrogen-bond acceptors (Lipinski definition) is 3. The molecule has 0 saturated carbocycles. The number of nitrogens with one attached hydrogen (secondary N) is 2. The third kappa shape index (κ3) is 3.85. The van der Waals surface area contributed by atoms with Crippen LogP contribution in [0.3, 0.4) is 0 Å². The van der Waals surface area contributed by atoms with Crippen molar-refractivity contribution in [3.63, 3.8) is 0 Å². The Bertz CT molecular complexity index is 581. The number of amides is 2. The topological polar surface area (TPSA) is 79.5 Å². The maximum atomic E-state index is 11.5. The Morgan fingerprint density at radius 1 is 1.05 bits per heavy atom. The number of hydrogen-bond donors (Lipinski definition) is 3. The summed E-state index contributed by atoms with van der Waals surface area (Å²) in [6, 6.07) is 16.0. The van der Waals surface area contributed by atoms with Gasteiger partial charge in [0.25, 0.3) is 0 Å². The number of carbonyl (C=O) groups is 1. The molecule has 0 aliphatic carbocycles. The first-order valence-electron chi connectivity index (χ1n) is 5.75. The van der Waals surface area contributed by atoms with E-state index in [0.717, 1.165) is 5.56 Å². The molecule has 4 N–H and O–H groups in total. The van der Waals surface area contributed by atoms with Gasteiger partial charge in [-0.15, -0.1) is 0 Å². The van der Waals surface area contributed by atoms with Gasteiger partial charge < -0.3 is 11.1 Å². The Morgan fingerprint density at radius 3 is 2.47 bits per heavy atom. The van der Waals surface area contributed by atoms with Crippen molar-refractivity contribution in [3.05, 3.63) is 60.2 Å². The van der Waals surface area contributed by atoms with Crippen molar-refractivity contribution in [2.45, 2.75) is 0 Å². The van der Waals surface area contributed by atoms with Gasteiger partial charge in [0.2, 0.25) is 0 Å². The lowest BCUT2D eigenvalue weighted by atomic mass is 10.2. The van der Waals surface area contributed by atoms with Crippen LogP contribution in [0.5, 0.6) is 0 Å². The zero-order chi connectivity index (χ0) is 13.5. The summed E-state index contributed by atoms with van der Waals surface area (Å²) in [6.07, 6.45) is 1.50. The summed E-state index contributed by atoms with van der Waals surface area (Å²) >= 11 is 0. The summed E-state index contributed by atoms with van der Waals surface area (Å²) in [6.45, 7) is 0. The van der Waals surface area contributed by atoms with Gasteiger partial charge in [0.1, 0.15) is 0 Å². The van der Waals surface area contributed by atoms with Crippen molar-refractivity contribution in [1.29, 1.82) is 0 Å². The number of anilines is 2. The van der Waals surface area contributed by atoms with Crippen molar-refractivity contribution in [1.82, 2.24) is 5.43 Å². The molecule has 19 heavy (non-hydrogen) atoms. The zero-order valence-electron chi connectivity index (χ0n) is 10.2. The van der Waals surface area contributed by atoms with Gasteiger partial charge in [-0.05, 0) is 18.2 Å². The van der Waals surface area contributed by atoms with Gasteiger partial charge >= 0.3 is 6.03 Å². The van der Waals surface area contributed by atoms with Crippen LogP contribution < -0.4 is 16.5 Å². The van der Waals surface area contributed by atoms with Crippen LogP contribution in [0.2, 0.25) is 0 Å². The second-order valence-corrected chi connectivity index (χ2v) is 3.82. The van der Waals surface area contributed by atoms with E-state index in [1.807, 2.05) is 36.4 Å². The molecule has 0 bridgehead atoms. The highest BCUT2D eigenvalue weighted by Crippen LogP contribution is 2.07. The summed E-state index contributed by atoms with van der Waals surface area (Å²) in [7, 11) is 0. The fraction of sp³-hybridized carbons (Fsp3) is 0. The molecule has 0 radical (unpaired) electrons. The third-order valence-corrected chi connectivity index (χ3v) is 2.40. The predicted molar refractivity (Wildman–Crippen MR) is 77.0 cm³/mol. The smallest absolute Gasteiger partial charge is 0.339 e. The standard InChI is InChI=1S/C14H14N4O/c15-13-9-5-4-6-11(13)10-16-18-14(19)17-12-7-2-1-3-8-12/h1-10H,15H2,(H2,17,18,19)/b16-10+. The van der Waals surface area contributed by atoms with Crippen LogP contribution in [0.15, 0.2) is 59.7 Å². The molecule has 0 aromatic heterocycles. The number of urea groups is 1. The minimum Gasteiger partial charge on any atom is -0.398 e. The Hall–Kier alpha value is -2.82. The molecule has 0 aliphatic rings. The van der Waals surface area contributed by atoms with Gasteiger partial charge in [0, 0.05) is 16.9 Å². The van der Waals surface area contributed by atoms with E-state index in [1.54, 1.807) is 18.2 Å². The molecule has 2 aromatic carbocycles. The van der Waals surface area contributed by atoms with Gasteiger partial charge in [-0.3, -0.25) is 0 Å². The van der Waals surface area contributed by atoms with E-state index < -0.39 is 6.03 Å². The van der Waals surface area contributed by atoms with Crippen LogP contribution in [0.1, 0.15) is 5.56 Å². The second kappa shape index (κ2) is 6.20. The molecule has 0 saturated heterocycles. The summed E-state index contributed by atoms with van der Waals surface area (Å²) in [5.41, 5.74) is 10.2. The minimum absolute atomic E-state index is 0.406. The monoisotopic (exact) mass is 254 g/mol. The maximum absolute atomic E-state index is 11.5. The van der Waals surface area contributed by atoms with Crippen molar-refractivity contribution < 1.29 is 4.79 Å². The lowest BCUT2D eigenvalue weighted by molar-refractivity contribution is 0.252. The van der Waals surface area contributed by atoms with E-state index in [9.17, 15) is 4.79 Å². The van der Waals surface area contributed by atoms with Crippen molar-refractivity contribution in [3.8, 4) is 0 Å². The Morgan fingerprint density at radius 2 is 1.74 bits per heavy atom. The number of benzene rings is 2. The molecule has 2 aromatic rings. The van der Waals surface area contributed by atoms with Crippen LogP contribution in [0, 0.1) is 0 Å². The lowest BCUT2D eigenvalue weighted by Crippen LogP contribution is -2.24.